The topological polar surface area (TPSA) is 84.5 Å². The van der Waals surface area contributed by atoms with Crippen molar-refractivity contribution in [1.29, 1.82) is 0 Å². The minimum Gasteiger partial charge on any atom is -0.483 e. The van der Waals surface area contributed by atoms with Gasteiger partial charge in [0.05, 0.1) is 10.6 Å². The molecule has 0 spiro atoms. The minimum atomic E-state index is -3.93. The Balaban J connectivity index is 1.64. The molecule has 0 aromatic heterocycles. The predicted octanol–water partition coefficient (Wildman–Crippen LogP) is 4.23. The maximum absolute atomic E-state index is 13.6. The normalized spacial score (nSPS) is 11.1. The van der Waals surface area contributed by atoms with Gasteiger partial charge in [0.1, 0.15) is 23.2 Å². The highest BCUT2D eigenvalue weighted by molar-refractivity contribution is 7.92. The van der Waals surface area contributed by atoms with Gasteiger partial charge < -0.3 is 10.1 Å². The van der Waals surface area contributed by atoms with Gasteiger partial charge in [-0.15, -0.1) is 0 Å². The first-order valence-electron chi connectivity index (χ1n) is 8.91. The molecule has 0 aliphatic carbocycles. The average molecular weight is 450 g/mol. The van der Waals surface area contributed by atoms with Gasteiger partial charge in [0.2, 0.25) is 0 Å². The molecule has 31 heavy (non-hydrogen) atoms. The van der Waals surface area contributed by atoms with Crippen LogP contribution in [0, 0.1) is 24.4 Å². The van der Waals surface area contributed by atoms with E-state index in [2.05, 4.69) is 10.0 Å². The van der Waals surface area contributed by atoms with E-state index >= 15 is 0 Å². The van der Waals surface area contributed by atoms with Crippen LogP contribution in [-0.4, -0.2) is 20.9 Å². The van der Waals surface area contributed by atoms with E-state index in [1.807, 2.05) is 0 Å². The zero-order valence-electron chi connectivity index (χ0n) is 16.2. The van der Waals surface area contributed by atoms with Crippen molar-refractivity contribution in [3.05, 3.63) is 83.7 Å². The zero-order valence-corrected chi connectivity index (χ0v) is 17.0. The van der Waals surface area contributed by atoms with Crippen molar-refractivity contribution in [2.75, 3.05) is 16.6 Å². The van der Waals surface area contributed by atoms with Gasteiger partial charge in [0, 0.05) is 11.8 Å². The molecule has 3 rings (SSSR count). The number of ether oxygens (including phenoxy) is 1. The number of halogens is 3. The van der Waals surface area contributed by atoms with Gasteiger partial charge in [0.25, 0.3) is 15.9 Å². The number of rotatable bonds is 7. The predicted molar refractivity (Wildman–Crippen MR) is 109 cm³/mol. The largest absolute Gasteiger partial charge is 0.483 e. The molecular formula is C21H17F3N2O4S. The maximum atomic E-state index is 13.6. The molecule has 0 heterocycles. The minimum absolute atomic E-state index is 0.0560. The molecule has 0 unspecified atom stereocenters. The molecule has 3 aromatic rings. The summed E-state index contributed by atoms with van der Waals surface area (Å²) in [6.45, 7) is 1.11. The second kappa shape index (κ2) is 9.09. The number of aryl methyl sites for hydroxylation is 1. The molecule has 0 saturated carbocycles. The van der Waals surface area contributed by atoms with Crippen molar-refractivity contribution < 1.29 is 31.1 Å². The molecule has 0 radical (unpaired) electrons. The van der Waals surface area contributed by atoms with E-state index in [4.69, 9.17) is 4.74 Å². The van der Waals surface area contributed by atoms with E-state index in [0.29, 0.717) is 11.6 Å². The lowest BCUT2D eigenvalue weighted by atomic mass is 10.2. The van der Waals surface area contributed by atoms with Gasteiger partial charge >= 0.3 is 0 Å². The highest BCUT2D eigenvalue weighted by atomic mass is 32.2. The first kappa shape index (κ1) is 22.2. The van der Waals surface area contributed by atoms with Crippen LogP contribution >= 0.6 is 0 Å². The van der Waals surface area contributed by atoms with Gasteiger partial charge in [-0.05, 0) is 67.1 Å². The summed E-state index contributed by atoms with van der Waals surface area (Å²) in [6, 6.07) is 11.6. The molecule has 0 aliphatic heterocycles. The summed E-state index contributed by atoms with van der Waals surface area (Å²) in [7, 11) is -3.93. The number of benzene rings is 3. The van der Waals surface area contributed by atoms with Crippen LogP contribution in [0.4, 0.5) is 24.5 Å². The second-order valence-electron chi connectivity index (χ2n) is 6.50. The van der Waals surface area contributed by atoms with Crippen LogP contribution in [0.1, 0.15) is 5.56 Å². The van der Waals surface area contributed by atoms with Crippen LogP contribution in [0.5, 0.6) is 5.75 Å². The van der Waals surface area contributed by atoms with Gasteiger partial charge in [-0.25, -0.2) is 21.6 Å². The number of sulfonamides is 1. The Labute approximate surface area is 176 Å². The van der Waals surface area contributed by atoms with E-state index in [-0.39, 0.29) is 22.0 Å². The van der Waals surface area contributed by atoms with E-state index in [1.165, 1.54) is 30.3 Å². The van der Waals surface area contributed by atoms with Crippen LogP contribution in [0.15, 0.2) is 65.6 Å². The highest BCUT2D eigenvalue weighted by Gasteiger charge is 2.16. The summed E-state index contributed by atoms with van der Waals surface area (Å²) in [6.07, 6.45) is 0. The highest BCUT2D eigenvalue weighted by Crippen LogP contribution is 2.24. The lowest BCUT2D eigenvalue weighted by molar-refractivity contribution is -0.118. The Morgan fingerprint density at radius 2 is 1.61 bits per heavy atom. The van der Waals surface area contributed by atoms with Crippen LogP contribution in [-0.2, 0) is 14.8 Å². The molecule has 0 fully saturated rings. The quantitative estimate of drug-likeness (QED) is 0.564. The Bertz CT molecular complexity index is 1220. The van der Waals surface area contributed by atoms with Gasteiger partial charge in [-0.2, -0.15) is 0 Å². The first-order chi connectivity index (χ1) is 14.6. The van der Waals surface area contributed by atoms with Crippen molar-refractivity contribution in [3.8, 4) is 5.75 Å². The number of amides is 1. The van der Waals surface area contributed by atoms with Crippen LogP contribution in [0.3, 0.4) is 0 Å². The fourth-order valence-electron chi connectivity index (χ4n) is 2.60. The Kier molecular flexibility index (Phi) is 6.50. The molecule has 10 heteroatoms. The fourth-order valence-corrected chi connectivity index (χ4v) is 3.75. The fraction of sp³-hybridized carbons (Fsp3) is 0.0952. The number of nitrogens with one attached hydrogen (secondary N) is 2. The summed E-state index contributed by atoms with van der Waals surface area (Å²) in [5.74, 6) is -2.62. The molecule has 0 saturated heterocycles. The molecule has 3 aromatic carbocycles. The maximum Gasteiger partial charge on any atom is 0.262 e. The third-order valence-electron chi connectivity index (χ3n) is 4.12. The van der Waals surface area contributed by atoms with Crippen LogP contribution in [0.25, 0.3) is 0 Å². The van der Waals surface area contributed by atoms with Gasteiger partial charge in [0.15, 0.2) is 6.61 Å². The average Bonchev–Trinajstić information content (AvgIpc) is 2.70. The van der Waals surface area contributed by atoms with E-state index in [1.54, 1.807) is 6.92 Å². The summed E-state index contributed by atoms with van der Waals surface area (Å²) < 4.78 is 72.2. The van der Waals surface area contributed by atoms with Crippen molar-refractivity contribution >= 4 is 27.3 Å². The lowest BCUT2D eigenvalue weighted by Gasteiger charge is -2.12. The summed E-state index contributed by atoms with van der Waals surface area (Å²) in [4.78, 5) is 11.9. The Hall–Kier alpha value is -3.53. The van der Waals surface area contributed by atoms with Crippen molar-refractivity contribution in [2.24, 2.45) is 0 Å². The molecule has 0 bridgehead atoms. The lowest BCUT2D eigenvalue weighted by Crippen LogP contribution is -2.21. The monoisotopic (exact) mass is 450 g/mol. The van der Waals surface area contributed by atoms with Crippen LogP contribution < -0.4 is 14.8 Å². The van der Waals surface area contributed by atoms with Crippen LogP contribution in [0.2, 0.25) is 0 Å². The number of hydrogen-bond donors (Lipinski definition) is 2. The van der Waals surface area contributed by atoms with Gasteiger partial charge in [-0.1, -0.05) is 0 Å². The summed E-state index contributed by atoms with van der Waals surface area (Å²) >= 11 is 0. The van der Waals surface area contributed by atoms with Crippen molar-refractivity contribution in [2.45, 2.75) is 11.8 Å². The van der Waals surface area contributed by atoms with Crippen molar-refractivity contribution in [3.63, 3.8) is 0 Å². The molecular weight excluding hydrogens is 433 g/mol. The third kappa shape index (κ3) is 5.76. The second-order valence-corrected chi connectivity index (χ2v) is 8.18. The first-order valence-corrected chi connectivity index (χ1v) is 10.4. The third-order valence-corrected chi connectivity index (χ3v) is 5.50. The molecule has 162 valence electrons. The van der Waals surface area contributed by atoms with Gasteiger partial charge in [-0.3, -0.25) is 9.52 Å². The smallest absolute Gasteiger partial charge is 0.262 e. The SMILES string of the molecule is Cc1cc(S(=O)(=O)Nc2ccc(F)cc2)ccc1OCC(=O)Nc1ccc(F)cc1F. The Morgan fingerprint density at radius 3 is 2.26 bits per heavy atom. The molecule has 1 amide bonds. The summed E-state index contributed by atoms with van der Waals surface area (Å²) in [5.41, 5.74) is 0.437. The Morgan fingerprint density at radius 1 is 0.935 bits per heavy atom. The van der Waals surface area contributed by atoms with E-state index in [9.17, 15) is 26.4 Å². The number of hydrogen-bond acceptors (Lipinski definition) is 4. The molecule has 0 atom stereocenters. The number of carbonyl (C=O) groups is 1. The summed E-state index contributed by atoms with van der Waals surface area (Å²) in [5, 5.41) is 2.26. The zero-order chi connectivity index (χ0) is 22.6. The standard InChI is InChI=1S/C21H17F3N2O4S/c1-13-10-17(31(28,29)26-16-5-2-14(22)3-6-16)7-9-20(13)30-12-21(27)25-19-8-4-15(23)11-18(19)24/h2-11,26H,12H2,1H3,(H,25,27). The molecule has 0 aliphatic rings. The molecule has 2 N–H and O–H groups in total. The number of anilines is 2. The van der Waals surface area contributed by atoms with Crippen molar-refractivity contribution in [1.82, 2.24) is 0 Å². The van der Waals surface area contributed by atoms with E-state index < -0.39 is 40.0 Å². The number of carbonyl (C=O) groups excluding carboxylic acids is 1. The van der Waals surface area contributed by atoms with E-state index in [0.717, 1.165) is 24.3 Å². The molecule has 6 nitrogen and oxygen atoms in total.